The van der Waals surface area contributed by atoms with Gasteiger partial charge in [0, 0.05) is 5.57 Å². The Kier molecular flexibility index (Phi) is 3.26. The summed E-state index contributed by atoms with van der Waals surface area (Å²) >= 11 is 0. The average Bonchev–Trinajstić information content (AvgIpc) is 2.03. The van der Waals surface area contributed by atoms with Crippen molar-refractivity contribution in [2.45, 2.75) is 13.1 Å². The standard InChI is InChI=1S/C8H5F3N2/c1-5(3-12)7(4-13)6(2)8(9,10)11/h2H2,1H3. The molecule has 0 unspecified atom stereocenters. The molecule has 0 aliphatic heterocycles. The number of hydrogen-bond donors (Lipinski definition) is 0. The van der Waals surface area contributed by atoms with Crippen LogP contribution in [0.15, 0.2) is 23.3 Å². The molecule has 0 bridgehead atoms. The fourth-order valence-corrected chi connectivity index (χ4v) is 0.575. The van der Waals surface area contributed by atoms with Crippen LogP contribution in [0, 0.1) is 22.7 Å². The van der Waals surface area contributed by atoms with E-state index in [0.717, 1.165) is 6.92 Å². The SMILES string of the molecule is C=C(C(C#N)=C(C)C#N)C(F)(F)F. The fraction of sp³-hybridized carbons (Fsp3) is 0.250. The monoisotopic (exact) mass is 186 g/mol. The molecule has 0 aromatic carbocycles. The van der Waals surface area contributed by atoms with Crippen LogP contribution in [0.1, 0.15) is 6.92 Å². The first kappa shape index (κ1) is 11.2. The molecule has 0 rings (SSSR count). The Morgan fingerprint density at radius 2 is 1.69 bits per heavy atom. The number of rotatable bonds is 1. The van der Waals surface area contributed by atoms with Gasteiger partial charge in [0.2, 0.25) is 0 Å². The maximum absolute atomic E-state index is 12.0. The van der Waals surface area contributed by atoms with E-state index >= 15 is 0 Å². The predicted molar refractivity (Wildman–Crippen MR) is 39.1 cm³/mol. The molecule has 0 N–H and O–H groups in total. The zero-order valence-electron chi connectivity index (χ0n) is 6.74. The Balaban J connectivity index is 5.23. The second-order valence-corrected chi connectivity index (χ2v) is 2.20. The van der Waals surface area contributed by atoms with Crippen molar-refractivity contribution >= 4 is 0 Å². The Bertz CT molecular complexity index is 336. The predicted octanol–water partition coefficient (Wildman–Crippen LogP) is 2.47. The number of nitriles is 2. The summed E-state index contributed by atoms with van der Waals surface area (Å²) in [5.74, 6) is 0. The molecular weight excluding hydrogens is 181 g/mol. The fourth-order valence-electron chi connectivity index (χ4n) is 0.575. The first-order valence-electron chi connectivity index (χ1n) is 3.12. The first-order chi connectivity index (χ1) is 5.84. The number of alkyl halides is 3. The van der Waals surface area contributed by atoms with Crippen LogP contribution in [-0.4, -0.2) is 6.18 Å². The summed E-state index contributed by atoms with van der Waals surface area (Å²) in [4.78, 5) is 0. The van der Waals surface area contributed by atoms with E-state index in [1.54, 1.807) is 0 Å². The van der Waals surface area contributed by atoms with Crippen molar-refractivity contribution in [2.24, 2.45) is 0 Å². The third-order valence-corrected chi connectivity index (χ3v) is 1.30. The zero-order valence-corrected chi connectivity index (χ0v) is 6.74. The van der Waals surface area contributed by atoms with Crippen LogP contribution >= 0.6 is 0 Å². The molecule has 0 saturated carbocycles. The summed E-state index contributed by atoms with van der Waals surface area (Å²) in [6.45, 7) is 3.84. The maximum atomic E-state index is 12.0. The van der Waals surface area contributed by atoms with E-state index < -0.39 is 17.3 Å². The Morgan fingerprint density at radius 3 is 1.92 bits per heavy atom. The lowest BCUT2D eigenvalue weighted by atomic mass is 10.0. The Morgan fingerprint density at radius 1 is 1.23 bits per heavy atom. The molecule has 0 saturated heterocycles. The third-order valence-electron chi connectivity index (χ3n) is 1.30. The van der Waals surface area contributed by atoms with Crippen molar-refractivity contribution < 1.29 is 13.2 Å². The number of nitrogens with zero attached hydrogens (tertiary/aromatic N) is 2. The maximum Gasteiger partial charge on any atom is 0.417 e. The van der Waals surface area contributed by atoms with Gasteiger partial charge in [-0.1, -0.05) is 6.58 Å². The smallest absolute Gasteiger partial charge is 0.193 e. The van der Waals surface area contributed by atoms with E-state index in [4.69, 9.17) is 10.5 Å². The molecule has 0 aliphatic rings. The van der Waals surface area contributed by atoms with Crippen molar-refractivity contribution in [3.63, 3.8) is 0 Å². The summed E-state index contributed by atoms with van der Waals surface area (Å²) in [5.41, 5.74) is -2.28. The van der Waals surface area contributed by atoms with Crippen LogP contribution in [0.4, 0.5) is 13.2 Å². The summed E-state index contributed by atoms with van der Waals surface area (Å²) < 4.78 is 36.0. The topological polar surface area (TPSA) is 47.6 Å². The molecule has 0 aromatic rings. The van der Waals surface area contributed by atoms with Crippen molar-refractivity contribution in [2.75, 3.05) is 0 Å². The van der Waals surface area contributed by atoms with Crippen molar-refractivity contribution in [1.82, 2.24) is 0 Å². The highest BCUT2D eigenvalue weighted by Gasteiger charge is 2.35. The molecule has 0 spiro atoms. The minimum absolute atomic E-state index is 0.287. The van der Waals surface area contributed by atoms with E-state index in [1.165, 1.54) is 12.1 Å². The molecule has 0 atom stereocenters. The van der Waals surface area contributed by atoms with Gasteiger partial charge in [-0.2, -0.15) is 23.7 Å². The molecule has 2 nitrogen and oxygen atoms in total. The average molecular weight is 186 g/mol. The lowest BCUT2D eigenvalue weighted by Gasteiger charge is -2.08. The minimum atomic E-state index is -4.66. The van der Waals surface area contributed by atoms with Crippen LogP contribution in [0.3, 0.4) is 0 Å². The van der Waals surface area contributed by atoms with Gasteiger partial charge in [-0.3, -0.25) is 0 Å². The first-order valence-corrected chi connectivity index (χ1v) is 3.12. The highest BCUT2D eigenvalue weighted by atomic mass is 19.4. The van der Waals surface area contributed by atoms with Crippen LogP contribution in [0.25, 0.3) is 0 Å². The molecule has 68 valence electrons. The van der Waals surface area contributed by atoms with E-state index in [2.05, 4.69) is 6.58 Å². The number of hydrogen-bond acceptors (Lipinski definition) is 2. The van der Waals surface area contributed by atoms with E-state index in [-0.39, 0.29) is 5.57 Å². The van der Waals surface area contributed by atoms with E-state index in [1.807, 2.05) is 0 Å². The van der Waals surface area contributed by atoms with E-state index in [9.17, 15) is 13.2 Å². The van der Waals surface area contributed by atoms with Crippen molar-refractivity contribution in [3.8, 4) is 12.1 Å². The van der Waals surface area contributed by atoms with Crippen LogP contribution in [0.2, 0.25) is 0 Å². The van der Waals surface area contributed by atoms with Gasteiger partial charge in [0.1, 0.15) is 6.07 Å². The summed E-state index contributed by atoms with van der Waals surface area (Å²) in [6.07, 6.45) is -4.66. The second kappa shape index (κ2) is 3.77. The Labute approximate surface area is 73.2 Å². The van der Waals surface area contributed by atoms with Gasteiger partial charge in [0.25, 0.3) is 0 Å². The second-order valence-electron chi connectivity index (χ2n) is 2.20. The van der Waals surface area contributed by atoms with Gasteiger partial charge in [-0.15, -0.1) is 0 Å². The van der Waals surface area contributed by atoms with Gasteiger partial charge in [-0.05, 0) is 6.92 Å². The van der Waals surface area contributed by atoms with Crippen LogP contribution in [-0.2, 0) is 0 Å². The Hall–Kier alpha value is -1.75. The molecule has 13 heavy (non-hydrogen) atoms. The highest BCUT2D eigenvalue weighted by molar-refractivity contribution is 5.49. The zero-order chi connectivity index (χ0) is 10.6. The van der Waals surface area contributed by atoms with Crippen LogP contribution < -0.4 is 0 Å². The molecule has 0 heterocycles. The normalized spacial score (nSPS) is 12.5. The van der Waals surface area contributed by atoms with Gasteiger partial charge < -0.3 is 0 Å². The van der Waals surface area contributed by atoms with Gasteiger partial charge in [-0.25, -0.2) is 0 Å². The third kappa shape index (κ3) is 2.64. The lowest BCUT2D eigenvalue weighted by molar-refractivity contribution is -0.0886. The van der Waals surface area contributed by atoms with Crippen LogP contribution in [0.5, 0.6) is 0 Å². The highest BCUT2D eigenvalue weighted by Crippen LogP contribution is 2.30. The summed E-state index contributed by atoms with van der Waals surface area (Å²) in [6, 6.07) is 2.76. The minimum Gasteiger partial charge on any atom is -0.193 e. The molecule has 0 radical (unpaired) electrons. The largest absolute Gasteiger partial charge is 0.417 e. The van der Waals surface area contributed by atoms with Crippen molar-refractivity contribution in [1.29, 1.82) is 10.5 Å². The molecule has 5 heteroatoms. The summed E-state index contributed by atoms with van der Waals surface area (Å²) in [7, 11) is 0. The van der Waals surface area contributed by atoms with Gasteiger partial charge in [0.05, 0.1) is 17.2 Å². The summed E-state index contributed by atoms with van der Waals surface area (Å²) in [5, 5.41) is 16.6. The van der Waals surface area contributed by atoms with Gasteiger partial charge >= 0.3 is 6.18 Å². The molecule has 0 amide bonds. The lowest BCUT2D eigenvalue weighted by Crippen LogP contribution is -2.12. The van der Waals surface area contributed by atoms with Crippen molar-refractivity contribution in [3.05, 3.63) is 23.3 Å². The number of allylic oxidation sites excluding steroid dienone is 3. The molecular formula is C8H5F3N2. The number of halogens is 3. The van der Waals surface area contributed by atoms with E-state index in [0.29, 0.717) is 0 Å². The quantitative estimate of drug-likeness (QED) is 0.466. The van der Waals surface area contributed by atoms with Gasteiger partial charge in [0.15, 0.2) is 0 Å². The molecule has 0 aliphatic carbocycles. The molecule has 0 aromatic heterocycles. The molecule has 0 fully saturated rings.